The average molecular weight is 211 g/mol. The van der Waals surface area contributed by atoms with E-state index in [2.05, 4.69) is 53.4 Å². The molecule has 0 bridgehead atoms. The van der Waals surface area contributed by atoms with Gasteiger partial charge < -0.3 is 5.32 Å². The van der Waals surface area contributed by atoms with E-state index in [9.17, 15) is 0 Å². The van der Waals surface area contributed by atoms with Crippen molar-refractivity contribution in [2.75, 3.05) is 0 Å². The fourth-order valence-corrected chi connectivity index (χ4v) is 1.81. The van der Waals surface area contributed by atoms with E-state index in [1.165, 1.54) is 18.4 Å². The first-order valence-electron chi connectivity index (χ1n) is 6.33. The van der Waals surface area contributed by atoms with Gasteiger partial charge in [-0.2, -0.15) is 0 Å². The molecule has 0 aromatic heterocycles. The summed E-state index contributed by atoms with van der Waals surface area (Å²) < 4.78 is 0. The van der Waals surface area contributed by atoms with Gasteiger partial charge in [0.05, 0.1) is 0 Å². The summed E-state index contributed by atoms with van der Waals surface area (Å²) in [6.45, 7) is 17.7. The molecular formula is C14H29N. The minimum absolute atomic E-state index is 0.486. The summed E-state index contributed by atoms with van der Waals surface area (Å²) in [7, 11) is 0. The first-order chi connectivity index (χ1) is 6.88. The first-order valence-corrected chi connectivity index (χ1v) is 6.33. The number of hydrogen-bond acceptors (Lipinski definition) is 1. The van der Waals surface area contributed by atoms with E-state index in [-0.39, 0.29) is 0 Å². The van der Waals surface area contributed by atoms with Crippen LogP contribution in [0.4, 0.5) is 0 Å². The van der Waals surface area contributed by atoms with Crippen LogP contribution in [0.15, 0.2) is 12.2 Å². The van der Waals surface area contributed by atoms with Crippen molar-refractivity contribution in [1.29, 1.82) is 0 Å². The fraction of sp³-hybridized carbons (Fsp3) is 0.857. The fourth-order valence-electron chi connectivity index (χ4n) is 1.81. The van der Waals surface area contributed by atoms with Gasteiger partial charge in [0.15, 0.2) is 0 Å². The van der Waals surface area contributed by atoms with Gasteiger partial charge in [0, 0.05) is 12.1 Å². The van der Waals surface area contributed by atoms with Crippen molar-refractivity contribution in [2.24, 2.45) is 11.8 Å². The molecular weight excluding hydrogens is 182 g/mol. The second-order valence-corrected chi connectivity index (χ2v) is 5.39. The first kappa shape index (κ1) is 14.7. The van der Waals surface area contributed by atoms with Gasteiger partial charge in [-0.25, -0.2) is 0 Å². The molecule has 0 aromatic rings. The summed E-state index contributed by atoms with van der Waals surface area (Å²) >= 11 is 0. The highest BCUT2D eigenvalue weighted by Gasteiger charge is 2.18. The standard InChI is InChI=1S/C14H29N/c1-8-12(6)13(7)14(9-10(2)3)15-11(4)5/h10-12,14-15H,7-9H2,1-6H3. The van der Waals surface area contributed by atoms with Crippen molar-refractivity contribution in [1.82, 2.24) is 5.32 Å². The quantitative estimate of drug-likeness (QED) is 0.628. The van der Waals surface area contributed by atoms with Crippen molar-refractivity contribution in [3.8, 4) is 0 Å². The van der Waals surface area contributed by atoms with Gasteiger partial charge >= 0.3 is 0 Å². The summed E-state index contributed by atoms with van der Waals surface area (Å²) in [5, 5.41) is 3.63. The Morgan fingerprint density at radius 2 is 1.67 bits per heavy atom. The van der Waals surface area contributed by atoms with E-state index in [0.717, 1.165) is 5.92 Å². The van der Waals surface area contributed by atoms with E-state index in [0.29, 0.717) is 18.0 Å². The molecule has 1 heteroatoms. The lowest BCUT2D eigenvalue weighted by atomic mass is 9.88. The van der Waals surface area contributed by atoms with Crippen LogP contribution in [0.2, 0.25) is 0 Å². The van der Waals surface area contributed by atoms with Gasteiger partial charge in [-0.1, -0.05) is 53.7 Å². The second-order valence-electron chi connectivity index (χ2n) is 5.39. The van der Waals surface area contributed by atoms with Crippen LogP contribution in [-0.2, 0) is 0 Å². The minimum Gasteiger partial charge on any atom is -0.308 e. The predicted octanol–water partition coefficient (Wildman–Crippen LogP) is 4.00. The van der Waals surface area contributed by atoms with Gasteiger partial charge in [0.1, 0.15) is 0 Å². The lowest BCUT2D eigenvalue weighted by molar-refractivity contribution is 0.401. The van der Waals surface area contributed by atoms with Crippen molar-refractivity contribution in [3.63, 3.8) is 0 Å². The molecule has 0 aliphatic carbocycles. The Labute approximate surface area is 96.3 Å². The predicted molar refractivity (Wildman–Crippen MR) is 70.1 cm³/mol. The third kappa shape index (κ3) is 5.99. The number of nitrogens with one attached hydrogen (secondary N) is 1. The van der Waals surface area contributed by atoms with Gasteiger partial charge in [0.25, 0.3) is 0 Å². The molecule has 0 aliphatic heterocycles. The van der Waals surface area contributed by atoms with Gasteiger partial charge in [-0.15, -0.1) is 0 Å². The van der Waals surface area contributed by atoms with E-state index in [1.54, 1.807) is 0 Å². The third-order valence-electron chi connectivity index (χ3n) is 2.93. The molecule has 0 saturated carbocycles. The highest BCUT2D eigenvalue weighted by molar-refractivity contribution is 5.09. The maximum absolute atomic E-state index is 4.27. The zero-order chi connectivity index (χ0) is 12.0. The zero-order valence-corrected chi connectivity index (χ0v) is 11.4. The smallest absolute Gasteiger partial charge is 0.0284 e. The molecule has 0 rings (SSSR count). The molecule has 90 valence electrons. The summed E-state index contributed by atoms with van der Waals surface area (Å²) in [5.74, 6) is 1.35. The van der Waals surface area contributed by atoms with Crippen molar-refractivity contribution in [2.45, 2.75) is 66.5 Å². The van der Waals surface area contributed by atoms with Crippen LogP contribution in [0.3, 0.4) is 0 Å². The summed E-state index contributed by atoms with van der Waals surface area (Å²) in [5.41, 5.74) is 1.37. The molecule has 0 heterocycles. The Morgan fingerprint density at radius 1 is 1.13 bits per heavy atom. The summed E-state index contributed by atoms with van der Waals surface area (Å²) in [6, 6.07) is 1.02. The van der Waals surface area contributed by atoms with E-state index in [1.807, 2.05) is 0 Å². The Balaban J connectivity index is 4.40. The molecule has 0 aromatic carbocycles. The Hall–Kier alpha value is -0.300. The molecule has 0 radical (unpaired) electrons. The highest BCUT2D eigenvalue weighted by atomic mass is 14.9. The van der Waals surface area contributed by atoms with Crippen LogP contribution >= 0.6 is 0 Å². The highest BCUT2D eigenvalue weighted by Crippen LogP contribution is 2.21. The monoisotopic (exact) mass is 211 g/mol. The maximum Gasteiger partial charge on any atom is 0.0284 e. The summed E-state index contributed by atoms with van der Waals surface area (Å²) in [6.07, 6.45) is 2.38. The van der Waals surface area contributed by atoms with Crippen LogP contribution < -0.4 is 5.32 Å². The molecule has 0 spiro atoms. The topological polar surface area (TPSA) is 12.0 Å². The SMILES string of the molecule is C=C(C(C)CC)C(CC(C)C)NC(C)C. The average Bonchev–Trinajstić information content (AvgIpc) is 2.13. The number of rotatable bonds is 7. The van der Waals surface area contributed by atoms with Gasteiger partial charge in [-0.05, 0) is 24.7 Å². The lowest BCUT2D eigenvalue weighted by Gasteiger charge is -2.28. The van der Waals surface area contributed by atoms with Gasteiger partial charge in [-0.3, -0.25) is 0 Å². The number of hydrogen-bond donors (Lipinski definition) is 1. The normalized spacial score (nSPS) is 15.7. The maximum atomic E-state index is 4.27. The second kappa shape index (κ2) is 7.05. The van der Waals surface area contributed by atoms with Crippen molar-refractivity contribution < 1.29 is 0 Å². The molecule has 1 N–H and O–H groups in total. The van der Waals surface area contributed by atoms with Crippen LogP contribution in [0.25, 0.3) is 0 Å². The van der Waals surface area contributed by atoms with Crippen LogP contribution in [-0.4, -0.2) is 12.1 Å². The Bertz CT molecular complexity index is 172. The molecule has 0 saturated heterocycles. The molecule has 15 heavy (non-hydrogen) atoms. The van der Waals surface area contributed by atoms with Gasteiger partial charge in [0.2, 0.25) is 0 Å². The van der Waals surface area contributed by atoms with Crippen molar-refractivity contribution >= 4 is 0 Å². The molecule has 0 fully saturated rings. The third-order valence-corrected chi connectivity index (χ3v) is 2.93. The van der Waals surface area contributed by atoms with Crippen LogP contribution in [0.5, 0.6) is 0 Å². The minimum atomic E-state index is 0.486. The van der Waals surface area contributed by atoms with E-state index < -0.39 is 0 Å². The Morgan fingerprint density at radius 3 is 2.00 bits per heavy atom. The Kier molecular flexibility index (Phi) is 6.91. The molecule has 0 amide bonds. The molecule has 2 atom stereocenters. The van der Waals surface area contributed by atoms with E-state index in [4.69, 9.17) is 0 Å². The van der Waals surface area contributed by atoms with Crippen LogP contribution in [0, 0.1) is 11.8 Å². The van der Waals surface area contributed by atoms with Crippen LogP contribution in [0.1, 0.15) is 54.4 Å². The lowest BCUT2D eigenvalue weighted by Crippen LogP contribution is -2.38. The largest absolute Gasteiger partial charge is 0.308 e. The zero-order valence-electron chi connectivity index (χ0n) is 11.4. The van der Waals surface area contributed by atoms with E-state index >= 15 is 0 Å². The molecule has 1 nitrogen and oxygen atoms in total. The molecule has 0 aliphatic rings. The van der Waals surface area contributed by atoms with Crippen molar-refractivity contribution in [3.05, 3.63) is 12.2 Å². The molecule has 2 unspecified atom stereocenters. The summed E-state index contributed by atoms with van der Waals surface area (Å²) in [4.78, 5) is 0.